The summed E-state index contributed by atoms with van der Waals surface area (Å²) < 4.78 is 9.11. The molecule has 10 rings (SSSR count). The number of fused-ring (bicyclic) bond motifs is 2. The average Bonchev–Trinajstić information content (AvgIpc) is 3.41. The molecular weight excluding hydrogens is 1030 g/mol. The van der Waals surface area contributed by atoms with E-state index in [0.29, 0.717) is 41.3 Å². The molecule has 2 spiro atoms. The molecule has 6 N–H and O–H groups in total. The fourth-order valence-electron chi connectivity index (χ4n) is 11.1. The first kappa shape index (κ1) is 64.3. The van der Waals surface area contributed by atoms with Crippen molar-refractivity contribution in [1.82, 2.24) is 31.0 Å². The van der Waals surface area contributed by atoms with Gasteiger partial charge in [0.1, 0.15) is 11.9 Å². The first-order valence-electron chi connectivity index (χ1n) is 26.8. The minimum Gasteiger partial charge on any atom is -0.793 e. The van der Waals surface area contributed by atoms with Gasteiger partial charge in [0.25, 0.3) is 11.1 Å². The Bertz CT molecular complexity index is 3100. The molecule has 80 heavy (non-hydrogen) atoms. The van der Waals surface area contributed by atoms with Crippen LogP contribution < -0.4 is 57.0 Å². The van der Waals surface area contributed by atoms with E-state index in [0.717, 1.165) is 104 Å². The predicted molar refractivity (Wildman–Crippen MR) is 302 cm³/mol. The summed E-state index contributed by atoms with van der Waals surface area (Å²) in [6, 6.07) is 36.6. The van der Waals surface area contributed by atoms with E-state index in [1.807, 2.05) is 125 Å². The van der Waals surface area contributed by atoms with Crippen molar-refractivity contribution in [2.24, 2.45) is 22.5 Å². The molecule has 4 aliphatic carbocycles. The van der Waals surface area contributed by atoms with Crippen molar-refractivity contribution in [2.75, 3.05) is 6.54 Å². The number of ether oxygens (including phenoxy) is 1. The van der Waals surface area contributed by atoms with Gasteiger partial charge in [0, 0.05) is 74.0 Å². The normalized spacial score (nSPS) is 21.6. The average molecular weight is 1100 g/mol. The van der Waals surface area contributed by atoms with Crippen molar-refractivity contribution >= 4 is 59.9 Å². The van der Waals surface area contributed by atoms with E-state index in [1.54, 1.807) is 0 Å². The monoisotopic (exact) mass is 1100 g/mol. The molecule has 419 valence electrons. The van der Waals surface area contributed by atoms with Crippen LogP contribution in [0.5, 0.6) is 0 Å². The van der Waals surface area contributed by atoms with Crippen molar-refractivity contribution in [2.45, 2.75) is 148 Å². The number of nitrogens with one attached hydrogen (secondary N) is 4. The number of benzene rings is 4. The molecule has 0 saturated heterocycles. The number of carbonyl (C=O) groups excluding carboxylic acids is 5. The molecule has 4 aliphatic rings. The number of H-pyrrole nitrogens is 2. The molecule has 4 fully saturated rings. The molecule has 20 heteroatoms. The van der Waals surface area contributed by atoms with Gasteiger partial charge in [0.15, 0.2) is 0 Å². The van der Waals surface area contributed by atoms with Crippen LogP contribution in [0, 0.1) is 16.7 Å². The molecule has 18 nitrogen and oxygen atoms in total. The number of carbonyl (C=O) groups is 5. The minimum atomic E-state index is -0.639. The van der Waals surface area contributed by atoms with Gasteiger partial charge in [0.2, 0.25) is 5.97 Å². The fourth-order valence-corrected chi connectivity index (χ4v) is 11.1. The van der Waals surface area contributed by atoms with E-state index >= 15 is 0 Å². The number of aromatic amines is 2. The summed E-state index contributed by atoms with van der Waals surface area (Å²) in [5, 5.41) is 24.2. The SMILES string of the molecule is CC(=O)OOC(C)=O.CC(C)(C)OC(=O)N[C@H](CNC1CC2(C1)CC(c1n[nH]c(=O)c3ccccc13)C2)Cc1ccccc1.C[C@H](C=O)Cc1ccccc1.NC1CC2(C1)CC(c1n[nH]c(=O)c3ccccc13)C2.[B-]OC(C)=O.[Na+]. The van der Waals surface area contributed by atoms with Gasteiger partial charge in [-0.05, 0) is 119 Å². The molecule has 2 heterocycles. The van der Waals surface area contributed by atoms with Gasteiger partial charge in [0.05, 0.1) is 22.2 Å². The fraction of sp³-hybridized carbons (Fsp3) is 0.450. The number of aldehydes is 1. The van der Waals surface area contributed by atoms with Crippen LogP contribution in [0.3, 0.4) is 0 Å². The zero-order chi connectivity index (χ0) is 57.3. The van der Waals surface area contributed by atoms with Crippen LogP contribution in [0.25, 0.3) is 21.5 Å². The van der Waals surface area contributed by atoms with Crippen LogP contribution in [0.15, 0.2) is 119 Å². The van der Waals surface area contributed by atoms with Gasteiger partial charge in [-0.1, -0.05) is 104 Å². The maximum Gasteiger partial charge on any atom is 1.00 e. The number of nitrogens with zero attached hydrogens (tertiary/aromatic N) is 2. The van der Waals surface area contributed by atoms with Gasteiger partial charge in [-0.3, -0.25) is 14.4 Å². The van der Waals surface area contributed by atoms with Crippen molar-refractivity contribution in [3.05, 3.63) is 152 Å². The Hall–Kier alpha value is -6.51. The van der Waals surface area contributed by atoms with Crippen LogP contribution in [-0.4, -0.2) is 89.0 Å². The summed E-state index contributed by atoms with van der Waals surface area (Å²) in [5.74, 6) is -0.732. The van der Waals surface area contributed by atoms with Gasteiger partial charge in [-0.15, -0.1) is 0 Å². The Balaban J connectivity index is 0.000000221. The molecular formula is C60H74BN7NaO11. The van der Waals surface area contributed by atoms with E-state index in [4.69, 9.17) is 10.5 Å². The van der Waals surface area contributed by atoms with Gasteiger partial charge in [-0.25, -0.2) is 34.4 Å². The topological polar surface area (TPSA) is 264 Å². The molecule has 1 amide bonds. The van der Waals surface area contributed by atoms with E-state index in [1.165, 1.54) is 30.9 Å². The van der Waals surface area contributed by atoms with E-state index in [-0.39, 0.29) is 58.7 Å². The molecule has 4 aromatic carbocycles. The molecule has 2 atom stereocenters. The number of aromatic nitrogens is 4. The van der Waals surface area contributed by atoms with Crippen LogP contribution >= 0.6 is 0 Å². The van der Waals surface area contributed by atoms with E-state index in [2.05, 4.69) is 65.6 Å². The van der Waals surface area contributed by atoms with E-state index in [9.17, 15) is 33.6 Å². The third-order valence-corrected chi connectivity index (χ3v) is 14.5. The van der Waals surface area contributed by atoms with Crippen molar-refractivity contribution in [3.63, 3.8) is 0 Å². The Morgan fingerprint density at radius 1 is 0.662 bits per heavy atom. The standard InChI is InChI=1S/C29H36N4O3.C15H17N3O.C10H12O.C4H6O4.C2H3BO2.Na/c1-28(2,3)36-27(35)31-21(13-19-9-5-4-6-10-19)18-30-22-16-29(17-22)14-20(15-29)25-23-11-7-8-12-24(23)26(34)33-32-25;16-10-7-15(8-10)5-9(6-15)13-11-3-1-2-4-12(11)14(19)18-17-13;1-9(8-11)7-10-5-3-2-4-6-10;1-3(5)7-8-4(2)6;1-2(4)5-3;/h4-12,20-22,30H,13-18H2,1-3H3,(H,31,35)(H,33,34);1-4,9-10H,5-8,16H2,(H,18,19);2-6,8-9H,7H2,1H3;1-2H3;1H3;/q;;;;-1;+1/t20?,21-,22?,29?;;9-;;;/m0.0.../s1. The van der Waals surface area contributed by atoms with Crippen LogP contribution in [0.2, 0.25) is 0 Å². The number of rotatable bonds is 11. The van der Waals surface area contributed by atoms with Gasteiger partial charge < -0.3 is 38.6 Å². The summed E-state index contributed by atoms with van der Waals surface area (Å²) in [4.78, 5) is 83.4. The smallest absolute Gasteiger partial charge is 0.793 e. The number of nitrogens with two attached hydrogens (primary N) is 1. The van der Waals surface area contributed by atoms with Gasteiger partial charge in [-0.2, -0.15) is 10.2 Å². The Kier molecular flexibility index (Phi) is 24.0. The van der Waals surface area contributed by atoms with Crippen LogP contribution in [-0.2, 0) is 51.2 Å². The Morgan fingerprint density at radius 2 is 1.06 bits per heavy atom. The zero-order valence-electron chi connectivity index (χ0n) is 47.3. The molecule has 6 aromatic rings. The summed E-state index contributed by atoms with van der Waals surface area (Å²) in [5.41, 5.74) is 10.5. The number of alkyl carbamates (subject to hydrolysis) is 1. The molecule has 2 aromatic heterocycles. The summed E-state index contributed by atoms with van der Waals surface area (Å²) in [6.45, 7) is 11.8. The van der Waals surface area contributed by atoms with E-state index < -0.39 is 23.5 Å². The molecule has 3 radical (unpaired) electrons. The first-order chi connectivity index (χ1) is 37.6. The van der Waals surface area contributed by atoms with Crippen molar-refractivity contribution < 1.29 is 72.7 Å². The molecule has 0 aliphatic heterocycles. The van der Waals surface area contributed by atoms with Crippen molar-refractivity contribution in [1.29, 1.82) is 0 Å². The third kappa shape index (κ3) is 19.1. The summed E-state index contributed by atoms with van der Waals surface area (Å²) >= 11 is 0. The van der Waals surface area contributed by atoms with Crippen molar-refractivity contribution in [3.8, 4) is 0 Å². The second-order valence-corrected chi connectivity index (χ2v) is 22.5. The predicted octanol–water partition coefficient (Wildman–Crippen LogP) is 5.31. The number of hydrogen-bond acceptors (Lipinski definition) is 15. The Labute approximate surface area is 490 Å². The zero-order valence-corrected chi connectivity index (χ0v) is 49.3. The number of amides is 1. The third-order valence-electron chi connectivity index (χ3n) is 14.5. The Morgan fingerprint density at radius 3 is 1.45 bits per heavy atom. The molecule has 0 bridgehead atoms. The van der Waals surface area contributed by atoms with Crippen LogP contribution in [0.4, 0.5) is 4.79 Å². The maximum absolute atomic E-state index is 12.4. The maximum atomic E-state index is 12.4. The number of hydrogen-bond donors (Lipinski definition) is 5. The second kappa shape index (κ2) is 29.8. The molecule has 0 unspecified atom stereocenters. The molecule has 4 saturated carbocycles. The summed E-state index contributed by atoms with van der Waals surface area (Å²) in [6.07, 6.45) is 11.4. The summed E-state index contributed by atoms with van der Waals surface area (Å²) in [7, 11) is 4.32. The largest absolute Gasteiger partial charge is 1.00 e. The first-order valence-corrected chi connectivity index (χ1v) is 26.8. The van der Waals surface area contributed by atoms with Crippen LogP contribution in [0.1, 0.15) is 134 Å². The minimum absolute atomic E-state index is 0. The quantitative estimate of drug-likeness (QED) is 0.0476. The second-order valence-electron chi connectivity index (χ2n) is 22.5. The van der Waals surface area contributed by atoms with Gasteiger partial charge >= 0.3 is 47.6 Å².